The largest absolute Gasteiger partial charge is 0.383 e. The molecule has 0 radical (unpaired) electrons. The molecule has 0 saturated carbocycles. The first-order valence-electron chi connectivity index (χ1n) is 7.04. The zero-order chi connectivity index (χ0) is 13.3. The first kappa shape index (κ1) is 13.8. The van der Waals surface area contributed by atoms with Crippen molar-refractivity contribution in [1.82, 2.24) is 5.32 Å². The molecule has 2 aromatic carbocycles. The number of hydrogen-bond acceptors (Lipinski definition) is 3. The Hall–Kier alpha value is -1.58. The van der Waals surface area contributed by atoms with Crippen LogP contribution < -0.4 is 16.4 Å². The lowest BCUT2D eigenvalue weighted by atomic mass is 10.1. The van der Waals surface area contributed by atoms with Crippen LogP contribution in [0.5, 0.6) is 0 Å². The van der Waals surface area contributed by atoms with Crippen molar-refractivity contribution in [2.75, 3.05) is 31.5 Å². The lowest BCUT2D eigenvalue weighted by Gasteiger charge is -2.10. The highest BCUT2D eigenvalue weighted by atomic mass is 14.9. The van der Waals surface area contributed by atoms with Gasteiger partial charge in [-0.1, -0.05) is 36.4 Å². The van der Waals surface area contributed by atoms with Crippen LogP contribution in [0, 0.1) is 0 Å². The van der Waals surface area contributed by atoms with Gasteiger partial charge in [-0.25, -0.2) is 0 Å². The molecule has 0 amide bonds. The van der Waals surface area contributed by atoms with Gasteiger partial charge in [0.05, 0.1) is 0 Å². The number of unbranched alkanes of at least 4 members (excludes halogenated alkanes) is 1. The van der Waals surface area contributed by atoms with Crippen molar-refractivity contribution < 1.29 is 0 Å². The number of hydrogen-bond donors (Lipinski definition) is 3. The van der Waals surface area contributed by atoms with Crippen LogP contribution in [0.4, 0.5) is 5.69 Å². The highest BCUT2D eigenvalue weighted by Crippen LogP contribution is 2.22. The third kappa shape index (κ3) is 4.23. The topological polar surface area (TPSA) is 50.1 Å². The van der Waals surface area contributed by atoms with Crippen LogP contribution in [0.3, 0.4) is 0 Å². The zero-order valence-electron chi connectivity index (χ0n) is 11.4. The molecule has 0 bridgehead atoms. The number of nitrogens with two attached hydrogens (primary N) is 1. The molecule has 19 heavy (non-hydrogen) atoms. The van der Waals surface area contributed by atoms with Crippen LogP contribution >= 0.6 is 0 Å². The fourth-order valence-electron chi connectivity index (χ4n) is 2.18. The maximum absolute atomic E-state index is 5.46. The Morgan fingerprint density at radius 3 is 2.58 bits per heavy atom. The minimum absolute atomic E-state index is 0.788. The minimum Gasteiger partial charge on any atom is -0.383 e. The number of benzene rings is 2. The monoisotopic (exact) mass is 257 g/mol. The van der Waals surface area contributed by atoms with Gasteiger partial charge in [0, 0.05) is 24.2 Å². The van der Waals surface area contributed by atoms with E-state index >= 15 is 0 Å². The van der Waals surface area contributed by atoms with E-state index < -0.39 is 0 Å². The van der Waals surface area contributed by atoms with E-state index in [2.05, 4.69) is 53.1 Å². The van der Waals surface area contributed by atoms with E-state index in [9.17, 15) is 0 Å². The second-order valence-corrected chi connectivity index (χ2v) is 4.70. The summed E-state index contributed by atoms with van der Waals surface area (Å²) in [5, 5.41) is 9.48. The molecule has 0 aromatic heterocycles. The first-order chi connectivity index (χ1) is 9.42. The summed E-state index contributed by atoms with van der Waals surface area (Å²) in [7, 11) is 0. The maximum atomic E-state index is 5.46. The average Bonchev–Trinajstić information content (AvgIpc) is 2.46. The summed E-state index contributed by atoms with van der Waals surface area (Å²) in [4.78, 5) is 0. The molecule has 0 aliphatic heterocycles. The number of nitrogens with one attached hydrogen (secondary N) is 2. The predicted octanol–water partition coefficient (Wildman–Crippen LogP) is 2.58. The smallest absolute Gasteiger partial charge is 0.0420 e. The fourth-order valence-corrected chi connectivity index (χ4v) is 2.18. The van der Waals surface area contributed by atoms with Gasteiger partial charge in [-0.2, -0.15) is 0 Å². The van der Waals surface area contributed by atoms with Gasteiger partial charge in [-0.05, 0) is 37.4 Å². The lowest BCUT2D eigenvalue weighted by molar-refractivity contribution is 0.637. The van der Waals surface area contributed by atoms with E-state index in [4.69, 9.17) is 5.73 Å². The molecule has 0 fully saturated rings. The van der Waals surface area contributed by atoms with Crippen LogP contribution in [-0.2, 0) is 0 Å². The number of rotatable bonds is 8. The van der Waals surface area contributed by atoms with Gasteiger partial charge in [0.25, 0.3) is 0 Å². The summed E-state index contributed by atoms with van der Waals surface area (Å²) in [5.74, 6) is 0. The second kappa shape index (κ2) is 7.77. The van der Waals surface area contributed by atoms with E-state index in [1.54, 1.807) is 0 Å². The Kier molecular flexibility index (Phi) is 5.66. The Balaban J connectivity index is 1.78. The van der Waals surface area contributed by atoms with Gasteiger partial charge in [0.15, 0.2) is 0 Å². The molecule has 0 aliphatic carbocycles. The molecule has 4 N–H and O–H groups in total. The first-order valence-corrected chi connectivity index (χ1v) is 7.04. The van der Waals surface area contributed by atoms with Gasteiger partial charge in [0.2, 0.25) is 0 Å². The molecule has 2 rings (SSSR count). The molecule has 0 unspecified atom stereocenters. The normalized spacial score (nSPS) is 10.8. The molecule has 0 spiro atoms. The molecule has 0 atom stereocenters. The van der Waals surface area contributed by atoms with Gasteiger partial charge >= 0.3 is 0 Å². The minimum atomic E-state index is 0.788. The molecular weight excluding hydrogens is 234 g/mol. The van der Waals surface area contributed by atoms with Crippen molar-refractivity contribution in [3.63, 3.8) is 0 Å². The Bertz CT molecular complexity index is 491. The van der Waals surface area contributed by atoms with E-state index in [0.717, 1.165) is 39.0 Å². The lowest BCUT2D eigenvalue weighted by Crippen LogP contribution is -2.23. The molecule has 3 heteroatoms. The predicted molar refractivity (Wildman–Crippen MR) is 83.6 cm³/mol. The average molecular weight is 257 g/mol. The third-order valence-electron chi connectivity index (χ3n) is 3.21. The number of fused-ring (bicyclic) bond motifs is 1. The van der Waals surface area contributed by atoms with Crippen LogP contribution in [0.25, 0.3) is 10.8 Å². The molecule has 0 saturated heterocycles. The molecule has 102 valence electrons. The van der Waals surface area contributed by atoms with Crippen LogP contribution in [-0.4, -0.2) is 26.2 Å². The summed E-state index contributed by atoms with van der Waals surface area (Å²) < 4.78 is 0. The van der Waals surface area contributed by atoms with Crippen molar-refractivity contribution in [1.29, 1.82) is 0 Å². The Labute approximate surface area is 115 Å². The van der Waals surface area contributed by atoms with Gasteiger partial charge in [-0.15, -0.1) is 0 Å². The summed E-state index contributed by atoms with van der Waals surface area (Å²) in [6, 6.07) is 14.8. The Morgan fingerprint density at radius 2 is 1.68 bits per heavy atom. The van der Waals surface area contributed by atoms with Crippen molar-refractivity contribution in [3.05, 3.63) is 42.5 Å². The molecule has 0 aliphatic rings. The van der Waals surface area contributed by atoms with Crippen molar-refractivity contribution >= 4 is 16.5 Å². The molecule has 3 nitrogen and oxygen atoms in total. The summed E-state index contributed by atoms with van der Waals surface area (Å²) in [6.45, 7) is 3.76. The van der Waals surface area contributed by atoms with Gasteiger partial charge in [0.1, 0.15) is 0 Å². The van der Waals surface area contributed by atoms with Crippen molar-refractivity contribution in [2.24, 2.45) is 5.73 Å². The molecule has 2 aromatic rings. The quantitative estimate of drug-likeness (QED) is 0.637. The molecule has 0 heterocycles. The van der Waals surface area contributed by atoms with Gasteiger partial charge < -0.3 is 16.4 Å². The number of anilines is 1. The SMILES string of the molecule is NCCCCNCCNc1cccc2ccccc12. The summed E-state index contributed by atoms with van der Waals surface area (Å²) in [5.41, 5.74) is 6.67. The van der Waals surface area contributed by atoms with E-state index in [1.165, 1.54) is 16.5 Å². The third-order valence-corrected chi connectivity index (χ3v) is 3.21. The Morgan fingerprint density at radius 1 is 0.842 bits per heavy atom. The maximum Gasteiger partial charge on any atom is 0.0420 e. The summed E-state index contributed by atoms with van der Waals surface area (Å²) in [6.07, 6.45) is 2.26. The second-order valence-electron chi connectivity index (χ2n) is 4.70. The van der Waals surface area contributed by atoms with Gasteiger partial charge in [-0.3, -0.25) is 0 Å². The van der Waals surface area contributed by atoms with E-state index in [1.807, 2.05) is 0 Å². The van der Waals surface area contributed by atoms with Crippen molar-refractivity contribution in [3.8, 4) is 0 Å². The van der Waals surface area contributed by atoms with Crippen molar-refractivity contribution in [2.45, 2.75) is 12.8 Å². The van der Waals surface area contributed by atoms with E-state index in [-0.39, 0.29) is 0 Å². The van der Waals surface area contributed by atoms with Crippen LogP contribution in [0.1, 0.15) is 12.8 Å². The van der Waals surface area contributed by atoms with Crippen LogP contribution in [0.15, 0.2) is 42.5 Å². The fraction of sp³-hybridized carbons (Fsp3) is 0.375. The van der Waals surface area contributed by atoms with Crippen LogP contribution in [0.2, 0.25) is 0 Å². The highest BCUT2D eigenvalue weighted by Gasteiger charge is 1.98. The standard InChI is InChI=1S/C16H23N3/c17-10-3-4-11-18-12-13-19-16-9-5-7-14-6-1-2-8-15(14)16/h1-2,5-9,18-19H,3-4,10-13,17H2. The molecular formula is C16H23N3. The summed E-state index contributed by atoms with van der Waals surface area (Å²) >= 11 is 0. The van der Waals surface area contributed by atoms with E-state index in [0.29, 0.717) is 0 Å². The zero-order valence-corrected chi connectivity index (χ0v) is 11.4. The highest BCUT2D eigenvalue weighted by molar-refractivity contribution is 5.93.